The van der Waals surface area contributed by atoms with Crippen LogP contribution in [0.2, 0.25) is 0 Å². The molecule has 0 spiro atoms. The van der Waals surface area contributed by atoms with E-state index in [1.165, 1.54) is 0 Å². The van der Waals surface area contributed by atoms with Crippen LogP contribution in [0.4, 0.5) is 27.6 Å². The number of hydrogen-bond donors (Lipinski definition) is 1. The number of halogens is 5. The molecular weight excluding hydrogens is 421 g/mol. The van der Waals surface area contributed by atoms with Crippen molar-refractivity contribution >= 4 is 17.4 Å². The zero-order valence-corrected chi connectivity index (χ0v) is 15.7. The number of benzene rings is 2. The van der Waals surface area contributed by atoms with Gasteiger partial charge in [0, 0.05) is 11.6 Å². The second-order valence-electron chi connectivity index (χ2n) is 6.62. The van der Waals surface area contributed by atoms with Crippen molar-refractivity contribution in [3.05, 3.63) is 77.2 Å². The molecule has 4 rings (SSSR count). The quantitative estimate of drug-likeness (QED) is 0.478. The highest BCUT2D eigenvalue weighted by Gasteiger charge is 2.36. The standard InChI is InChI=1S/C20H12F5N5O/c1-10-2-4-11(5-3-10)15-9-16(20(23,24)25)30-19(27-15)28-17(29-30)18(31)26-14-7-6-12(21)8-13(14)22/h2-9H,1H3,(H,26,31). The molecule has 0 aliphatic carbocycles. The molecule has 4 aromatic rings. The molecule has 0 fully saturated rings. The van der Waals surface area contributed by atoms with Crippen molar-refractivity contribution in [2.24, 2.45) is 0 Å². The lowest BCUT2D eigenvalue weighted by atomic mass is 10.1. The highest BCUT2D eigenvalue weighted by Crippen LogP contribution is 2.32. The molecule has 0 radical (unpaired) electrons. The third kappa shape index (κ3) is 4.06. The van der Waals surface area contributed by atoms with Gasteiger partial charge in [-0.3, -0.25) is 4.79 Å². The highest BCUT2D eigenvalue weighted by atomic mass is 19.4. The van der Waals surface area contributed by atoms with E-state index in [4.69, 9.17) is 0 Å². The van der Waals surface area contributed by atoms with Crippen molar-refractivity contribution in [1.29, 1.82) is 0 Å². The molecule has 0 aliphatic heterocycles. The zero-order chi connectivity index (χ0) is 22.3. The smallest absolute Gasteiger partial charge is 0.317 e. The Morgan fingerprint density at radius 2 is 1.71 bits per heavy atom. The summed E-state index contributed by atoms with van der Waals surface area (Å²) in [4.78, 5) is 20.2. The van der Waals surface area contributed by atoms with Crippen LogP contribution in [-0.2, 0) is 6.18 Å². The van der Waals surface area contributed by atoms with E-state index in [1.54, 1.807) is 24.3 Å². The number of nitrogens with one attached hydrogen (secondary N) is 1. The summed E-state index contributed by atoms with van der Waals surface area (Å²) in [6.45, 7) is 1.83. The van der Waals surface area contributed by atoms with Crippen molar-refractivity contribution in [3.8, 4) is 11.3 Å². The average molecular weight is 433 g/mol. The van der Waals surface area contributed by atoms with E-state index in [0.717, 1.165) is 23.8 Å². The van der Waals surface area contributed by atoms with E-state index in [1.807, 2.05) is 6.92 Å². The predicted molar refractivity (Wildman–Crippen MR) is 100 cm³/mol. The molecule has 11 heteroatoms. The lowest BCUT2D eigenvalue weighted by Gasteiger charge is -2.10. The topological polar surface area (TPSA) is 72.2 Å². The van der Waals surface area contributed by atoms with E-state index in [-0.39, 0.29) is 11.4 Å². The van der Waals surface area contributed by atoms with Gasteiger partial charge in [0.05, 0.1) is 11.4 Å². The predicted octanol–water partition coefficient (Wildman–Crippen LogP) is 4.65. The number of carbonyl (C=O) groups is 1. The first-order valence-electron chi connectivity index (χ1n) is 8.80. The van der Waals surface area contributed by atoms with Crippen LogP contribution in [0.3, 0.4) is 0 Å². The maximum absolute atomic E-state index is 13.8. The Hall–Kier alpha value is -3.89. The summed E-state index contributed by atoms with van der Waals surface area (Å²) in [6.07, 6.45) is -4.81. The van der Waals surface area contributed by atoms with Gasteiger partial charge in [0.2, 0.25) is 5.82 Å². The van der Waals surface area contributed by atoms with Gasteiger partial charge in [0.25, 0.3) is 11.7 Å². The van der Waals surface area contributed by atoms with Gasteiger partial charge in [-0.2, -0.15) is 22.7 Å². The molecule has 0 saturated heterocycles. The lowest BCUT2D eigenvalue weighted by Crippen LogP contribution is -2.16. The van der Waals surface area contributed by atoms with Crippen LogP contribution in [0.5, 0.6) is 0 Å². The van der Waals surface area contributed by atoms with Crippen molar-refractivity contribution < 1.29 is 26.7 Å². The number of aromatic nitrogens is 4. The average Bonchev–Trinajstić information content (AvgIpc) is 3.13. The number of hydrogen-bond acceptors (Lipinski definition) is 4. The summed E-state index contributed by atoms with van der Waals surface area (Å²) in [5, 5.41) is 5.68. The van der Waals surface area contributed by atoms with Gasteiger partial charge in [-0.1, -0.05) is 29.8 Å². The molecule has 31 heavy (non-hydrogen) atoms. The van der Waals surface area contributed by atoms with Crippen LogP contribution < -0.4 is 5.32 Å². The van der Waals surface area contributed by atoms with E-state index in [0.29, 0.717) is 16.1 Å². The molecule has 2 aromatic heterocycles. The maximum atomic E-state index is 13.8. The van der Waals surface area contributed by atoms with Crippen LogP contribution in [0, 0.1) is 18.6 Å². The second-order valence-corrected chi connectivity index (χ2v) is 6.62. The fraction of sp³-hybridized carbons (Fsp3) is 0.100. The monoisotopic (exact) mass is 433 g/mol. The van der Waals surface area contributed by atoms with Gasteiger partial charge >= 0.3 is 6.18 Å². The van der Waals surface area contributed by atoms with E-state index in [9.17, 15) is 26.7 Å². The van der Waals surface area contributed by atoms with Gasteiger partial charge < -0.3 is 5.32 Å². The molecule has 0 aliphatic rings. The largest absolute Gasteiger partial charge is 0.433 e. The number of aryl methyl sites for hydroxylation is 1. The first kappa shape index (κ1) is 20.4. The molecule has 0 unspecified atom stereocenters. The summed E-state index contributed by atoms with van der Waals surface area (Å²) in [5.41, 5.74) is -0.248. The van der Waals surface area contributed by atoms with Crippen molar-refractivity contribution in [3.63, 3.8) is 0 Å². The maximum Gasteiger partial charge on any atom is 0.433 e. The molecular formula is C20H12F5N5O. The van der Waals surface area contributed by atoms with Crippen LogP contribution in [0.1, 0.15) is 21.9 Å². The third-order valence-corrected chi connectivity index (χ3v) is 4.33. The Morgan fingerprint density at radius 3 is 2.35 bits per heavy atom. The lowest BCUT2D eigenvalue weighted by molar-refractivity contribution is -0.142. The third-order valence-electron chi connectivity index (χ3n) is 4.33. The molecule has 158 valence electrons. The fourth-order valence-electron chi connectivity index (χ4n) is 2.81. The van der Waals surface area contributed by atoms with Gasteiger partial charge in [-0.15, -0.1) is 5.10 Å². The van der Waals surface area contributed by atoms with Gasteiger partial charge in [0.15, 0.2) is 5.69 Å². The molecule has 1 N–H and O–H groups in total. The molecule has 0 bridgehead atoms. The summed E-state index contributed by atoms with van der Waals surface area (Å²) >= 11 is 0. The minimum Gasteiger partial charge on any atom is -0.317 e. The van der Waals surface area contributed by atoms with Gasteiger partial charge in [0.1, 0.15) is 11.6 Å². The Balaban J connectivity index is 1.78. The number of alkyl halides is 3. The number of rotatable bonds is 3. The van der Waals surface area contributed by atoms with Crippen LogP contribution >= 0.6 is 0 Å². The van der Waals surface area contributed by atoms with Crippen LogP contribution in [0.15, 0.2) is 48.5 Å². The highest BCUT2D eigenvalue weighted by molar-refractivity contribution is 6.01. The second kappa shape index (κ2) is 7.42. The Kier molecular flexibility index (Phi) is 4.88. The number of carbonyl (C=O) groups excluding carboxylic acids is 1. The van der Waals surface area contributed by atoms with Crippen LogP contribution in [-0.4, -0.2) is 25.5 Å². The Morgan fingerprint density at radius 1 is 1.00 bits per heavy atom. The molecule has 1 amide bonds. The molecule has 6 nitrogen and oxygen atoms in total. The summed E-state index contributed by atoms with van der Waals surface area (Å²) in [5.74, 6) is -4.13. The Bertz CT molecular complexity index is 1300. The molecule has 0 atom stereocenters. The minimum absolute atomic E-state index is 0.0104. The zero-order valence-electron chi connectivity index (χ0n) is 15.7. The van der Waals surface area contributed by atoms with Crippen molar-refractivity contribution in [2.45, 2.75) is 13.1 Å². The minimum atomic E-state index is -4.81. The first-order valence-corrected chi connectivity index (χ1v) is 8.80. The summed E-state index contributed by atoms with van der Waals surface area (Å²) < 4.78 is 68.0. The van der Waals surface area contributed by atoms with E-state index < -0.39 is 41.0 Å². The van der Waals surface area contributed by atoms with E-state index >= 15 is 0 Å². The van der Waals surface area contributed by atoms with Crippen molar-refractivity contribution in [1.82, 2.24) is 19.6 Å². The summed E-state index contributed by atoms with van der Waals surface area (Å²) in [6, 6.07) is 9.87. The van der Waals surface area contributed by atoms with Crippen molar-refractivity contribution in [2.75, 3.05) is 5.32 Å². The SMILES string of the molecule is Cc1ccc(-c2cc(C(F)(F)F)n3nc(C(=O)Nc4ccc(F)cc4F)nc3n2)cc1. The summed E-state index contributed by atoms with van der Waals surface area (Å²) in [7, 11) is 0. The fourth-order valence-corrected chi connectivity index (χ4v) is 2.81. The van der Waals surface area contributed by atoms with Crippen LogP contribution in [0.25, 0.3) is 17.0 Å². The first-order chi connectivity index (χ1) is 14.6. The molecule has 0 saturated carbocycles. The van der Waals surface area contributed by atoms with Gasteiger partial charge in [-0.25, -0.2) is 13.8 Å². The number of amides is 1. The number of fused-ring (bicyclic) bond motifs is 1. The number of anilines is 1. The number of nitrogens with zero attached hydrogens (tertiary/aromatic N) is 4. The molecule has 2 aromatic carbocycles. The Labute approximate surface area is 171 Å². The van der Waals surface area contributed by atoms with Gasteiger partial charge in [-0.05, 0) is 25.1 Å². The molecule has 2 heterocycles. The normalized spacial score (nSPS) is 11.7. The van der Waals surface area contributed by atoms with E-state index in [2.05, 4.69) is 20.4 Å².